The molecule has 2 aliphatic heterocycles. The summed E-state index contributed by atoms with van der Waals surface area (Å²) in [6.45, 7) is 4.13. The van der Waals surface area contributed by atoms with Crippen LogP contribution in [0.2, 0.25) is 0 Å². The summed E-state index contributed by atoms with van der Waals surface area (Å²) < 4.78 is 7.55. The van der Waals surface area contributed by atoms with Crippen LogP contribution >= 0.6 is 0 Å². The zero-order valence-corrected chi connectivity index (χ0v) is 43.3. The second kappa shape index (κ2) is 26.2. The molecule has 5 aromatic carbocycles. The summed E-state index contributed by atoms with van der Waals surface area (Å²) in [4.78, 5) is 85.0. The summed E-state index contributed by atoms with van der Waals surface area (Å²) in [6, 6.07) is 46.1. The van der Waals surface area contributed by atoms with E-state index in [9.17, 15) is 29.1 Å². The van der Waals surface area contributed by atoms with Crippen molar-refractivity contribution in [2.75, 3.05) is 39.4 Å². The summed E-state index contributed by atoms with van der Waals surface area (Å²) in [5.74, 6) is -1.35. The first-order valence-corrected chi connectivity index (χ1v) is 27.0. The second-order valence-corrected chi connectivity index (χ2v) is 19.8. The number of nitrogens with zero attached hydrogens (tertiary/aromatic N) is 4. The number of rotatable bonds is 29. The number of hydrogen-bond acceptors (Lipinski definition) is 8. The van der Waals surface area contributed by atoms with Gasteiger partial charge in [-0.3, -0.25) is 38.6 Å². The number of esters is 1. The molecule has 0 radical (unpaired) electrons. The largest absolute Gasteiger partial charge is 0.466 e. The van der Waals surface area contributed by atoms with E-state index in [1.165, 1.54) is 9.80 Å². The van der Waals surface area contributed by atoms with Crippen LogP contribution in [0.15, 0.2) is 146 Å². The van der Waals surface area contributed by atoms with Gasteiger partial charge in [-0.25, -0.2) is 0 Å². The predicted octanol–water partition coefficient (Wildman–Crippen LogP) is 10.9. The Morgan fingerprint density at radius 2 is 0.973 bits per heavy atom. The van der Waals surface area contributed by atoms with Crippen molar-refractivity contribution in [2.24, 2.45) is 0 Å². The number of amides is 5. The van der Waals surface area contributed by atoms with Crippen LogP contribution in [-0.2, 0) is 34.3 Å². The standard InChI is InChI=1S/C63H70N4O8/c1-2-75-57(69)37-36-48-44-56(67(45-47-26-12-9-13-27-47)55(48)38-39-63(46-68,49-28-14-10-15-29-49)50-30-16-11-17-31-50)62(74)64(40-22-5-3-7-24-42-65-58(70)51-32-18-19-33-52(51)59(65)71)41-23-6-4-8-25-43-66-60(72)53-34-20-21-35-54(53)61(66)73/h9-21,26-35,44,68H,2-8,22-25,36-43,45-46H2,1H3. The van der Waals surface area contributed by atoms with Crippen molar-refractivity contribution >= 4 is 35.5 Å². The lowest BCUT2D eigenvalue weighted by Gasteiger charge is -2.34. The lowest BCUT2D eigenvalue weighted by atomic mass is 9.71. The molecule has 6 aromatic rings. The molecule has 390 valence electrons. The lowest BCUT2D eigenvalue weighted by Crippen LogP contribution is -2.35. The Morgan fingerprint density at radius 3 is 1.43 bits per heavy atom. The molecule has 0 atom stereocenters. The number of carbonyl (C=O) groups excluding carboxylic acids is 6. The number of fused-ring (bicyclic) bond motifs is 2. The molecular formula is C63H70N4O8. The highest BCUT2D eigenvalue weighted by atomic mass is 16.5. The Kier molecular flexibility index (Phi) is 18.8. The summed E-state index contributed by atoms with van der Waals surface area (Å²) in [7, 11) is 0. The van der Waals surface area contributed by atoms with E-state index in [-0.39, 0.29) is 55.1 Å². The van der Waals surface area contributed by atoms with Crippen LogP contribution in [0.4, 0.5) is 0 Å². The van der Waals surface area contributed by atoms with Gasteiger partial charge in [-0.05, 0) is 104 Å². The fourth-order valence-corrected chi connectivity index (χ4v) is 10.9. The number of carbonyl (C=O) groups is 6. The van der Waals surface area contributed by atoms with Crippen LogP contribution in [0.5, 0.6) is 0 Å². The van der Waals surface area contributed by atoms with Crippen molar-refractivity contribution in [1.29, 1.82) is 0 Å². The van der Waals surface area contributed by atoms with Gasteiger partial charge in [-0.1, -0.05) is 154 Å². The first kappa shape index (κ1) is 53.8. The normalized spacial score (nSPS) is 13.1. The van der Waals surface area contributed by atoms with Gasteiger partial charge in [0.2, 0.25) is 0 Å². The molecule has 12 heteroatoms. The Labute approximate surface area is 441 Å². The molecule has 0 spiro atoms. The number of ether oxygens (including phenoxy) is 1. The number of aromatic nitrogens is 1. The molecule has 0 aliphatic carbocycles. The average Bonchev–Trinajstić information content (AvgIpc) is 4.00. The molecule has 5 amide bonds. The van der Waals surface area contributed by atoms with E-state index in [1.54, 1.807) is 55.5 Å². The number of aliphatic hydroxyl groups is 1. The van der Waals surface area contributed by atoms with Gasteiger partial charge in [0, 0.05) is 50.3 Å². The maximum atomic E-state index is 15.4. The van der Waals surface area contributed by atoms with Crippen molar-refractivity contribution < 1.29 is 38.6 Å². The molecule has 0 unspecified atom stereocenters. The average molecular weight is 1010 g/mol. The molecule has 3 heterocycles. The van der Waals surface area contributed by atoms with E-state index < -0.39 is 5.41 Å². The second-order valence-electron chi connectivity index (χ2n) is 19.8. The van der Waals surface area contributed by atoms with Gasteiger partial charge < -0.3 is 19.3 Å². The van der Waals surface area contributed by atoms with Crippen molar-refractivity contribution in [1.82, 2.24) is 19.3 Å². The number of unbranched alkanes of at least 4 members (excludes halogenated alkanes) is 8. The van der Waals surface area contributed by atoms with Crippen LogP contribution in [0, 0.1) is 0 Å². The van der Waals surface area contributed by atoms with E-state index in [0.717, 1.165) is 79.3 Å². The van der Waals surface area contributed by atoms with E-state index in [1.807, 2.05) is 65.6 Å². The minimum absolute atomic E-state index is 0.0923. The number of aliphatic hydroxyl groups excluding tert-OH is 1. The molecule has 0 saturated carbocycles. The Balaban J connectivity index is 1.01. The maximum absolute atomic E-state index is 15.4. The van der Waals surface area contributed by atoms with E-state index in [4.69, 9.17) is 4.74 Å². The Bertz CT molecular complexity index is 2720. The summed E-state index contributed by atoms with van der Waals surface area (Å²) in [5, 5.41) is 11.5. The predicted molar refractivity (Wildman–Crippen MR) is 290 cm³/mol. The van der Waals surface area contributed by atoms with Gasteiger partial charge in [0.05, 0.1) is 35.5 Å². The molecule has 0 bridgehead atoms. The van der Waals surface area contributed by atoms with Gasteiger partial charge in [-0.15, -0.1) is 0 Å². The topological polar surface area (TPSA) is 147 Å². The highest BCUT2D eigenvalue weighted by Crippen LogP contribution is 2.38. The van der Waals surface area contributed by atoms with Crippen LogP contribution in [0.1, 0.15) is 164 Å². The zero-order valence-electron chi connectivity index (χ0n) is 43.3. The van der Waals surface area contributed by atoms with Crippen molar-refractivity contribution in [3.05, 3.63) is 201 Å². The first-order chi connectivity index (χ1) is 36.6. The van der Waals surface area contributed by atoms with Crippen LogP contribution in [0.25, 0.3) is 0 Å². The molecule has 12 nitrogen and oxygen atoms in total. The Hall–Kier alpha value is -7.44. The quantitative estimate of drug-likeness (QED) is 0.0278. The van der Waals surface area contributed by atoms with Crippen LogP contribution in [0.3, 0.4) is 0 Å². The molecule has 0 fully saturated rings. The summed E-state index contributed by atoms with van der Waals surface area (Å²) >= 11 is 0. The summed E-state index contributed by atoms with van der Waals surface area (Å²) in [5.41, 5.74) is 6.45. The number of aryl methyl sites for hydroxylation is 1. The highest BCUT2D eigenvalue weighted by molar-refractivity contribution is 6.22. The molecular weight excluding hydrogens is 941 g/mol. The minimum Gasteiger partial charge on any atom is -0.466 e. The van der Waals surface area contributed by atoms with Crippen LogP contribution in [-0.4, -0.2) is 99.3 Å². The van der Waals surface area contributed by atoms with E-state index in [0.29, 0.717) is 92.8 Å². The molecule has 1 aromatic heterocycles. The first-order valence-electron chi connectivity index (χ1n) is 27.0. The molecule has 75 heavy (non-hydrogen) atoms. The SMILES string of the molecule is CCOC(=O)CCc1cc(C(=O)N(CCCCCCCN2C(=O)c3ccccc3C2=O)CCCCCCCN2C(=O)c3ccccc3C2=O)n(Cc2ccccc2)c1CCC(CO)(c1ccccc1)c1ccccc1. The van der Waals surface area contributed by atoms with Gasteiger partial charge in [0.1, 0.15) is 5.69 Å². The van der Waals surface area contributed by atoms with Gasteiger partial charge in [0.25, 0.3) is 29.5 Å². The van der Waals surface area contributed by atoms with E-state index >= 15 is 4.79 Å². The summed E-state index contributed by atoms with van der Waals surface area (Å²) in [6.07, 6.45) is 9.58. The van der Waals surface area contributed by atoms with Gasteiger partial charge in [0.15, 0.2) is 0 Å². The highest BCUT2D eigenvalue weighted by Gasteiger charge is 2.37. The fraction of sp³-hybridized carbons (Fsp3) is 0.365. The van der Waals surface area contributed by atoms with E-state index in [2.05, 4.69) is 41.0 Å². The smallest absolute Gasteiger partial charge is 0.306 e. The monoisotopic (exact) mass is 1010 g/mol. The number of imide groups is 2. The molecule has 2 aliphatic rings. The third-order valence-electron chi connectivity index (χ3n) is 15.0. The molecule has 1 N–H and O–H groups in total. The van der Waals surface area contributed by atoms with Crippen LogP contribution < -0.4 is 0 Å². The minimum atomic E-state index is -0.756. The fourth-order valence-electron chi connectivity index (χ4n) is 10.9. The van der Waals surface area contributed by atoms with Gasteiger partial charge >= 0.3 is 5.97 Å². The third-order valence-corrected chi connectivity index (χ3v) is 15.0. The van der Waals surface area contributed by atoms with Crippen molar-refractivity contribution in [3.8, 4) is 0 Å². The molecule has 0 saturated heterocycles. The number of hydrogen-bond donors (Lipinski definition) is 1. The van der Waals surface area contributed by atoms with Gasteiger partial charge in [-0.2, -0.15) is 0 Å². The molecule has 8 rings (SSSR count). The third kappa shape index (κ3) is 12.7. The van der Waals surface area contributed by atoms with Crippen molar-refractivity contribution in [2.45, 2.75) is 109 Å². The maximum Gasteiger partial charge on any atom is 0.306 e. The lowest BCUT2D eigenvalue weighted by molar-refractivity contribution is -0.143. The number of benzene rings is 5. The van der Waals surface area contributed by atoms with Crippen molar-refractivity contribution in [3.63, 3.8) is 0 Å². The Morgan fingerprint density at radius 1 is 0.547 bits per heavy atom. The zero-order chi connectivity index (χ0) is 52.6.